The van der Waals surface area contributed by atoms with Crippen molar-refractivity contribution in [3.8, 4) is 0 Å². The van der Waals surface area contributed by atoms with Gasteiger partial charge in [-0.2, -0.15) is 0 Å². The number of aliphatic imine (C=N–C) groups is 1. The van der Waals surface area contributed by atoms with E-state index in [0.717, 1.165) is 39.0 Å². The Morgan fingerprint density at radius 1 is 1.47 bits per heavy atom. The average molecular weight is 210 g/mol. The van der Waals surface area contributed by atoms with Gasteiger partial charge < -0.3 is 5.11 Å². The maximum Gasteiger partial charge on any atom is 0.0564 e. The van der Waals surface area contributed by atoms with E-state index in [4.69, 9.17) is 0 Å². The van der Waals surface area contributed by atoms with Crippen molar-refractivity contribution in [1.82, 2.24) is 4.90 Å². The zero-order chi connectivity index (χ0) is 11.1. The van der Waals surface area contributed by atoms with Gasteiger partial charge in [-0.1, -0.05) is 6.08 Å². The topological polar surface area (TPSA) is 35.8 Å². The predicted octanol–water partition coefficient (Wildman–Crippen LogP) is 1.48. The SMILES string of the molecule is C/C=C(\C=N/CC)CN1CCC(O)CC1. The minimum absolute atomic E-state index is 0.0837. The first-order valence-electron chi connectivity index (χ1n) is 5.81. The van der Waals surface area contributed by atoms with Crippen molar-refractivity contribution in [1.29, 1.82) is 0 Å². The van der Waals surface area contributed by atoms with Crippen molar-refractivity contribution >= 4 is 6.21 Å². The standard InChI is InChI=1S/C12H22N2O/c1-3-11(9-13-4-2)10-14-7-5-12(15)6-8-14/h3,9,12,15H,4-8,10H2,1-2H3/b11-3+,13-9-. The number of hydrogen-bond donors (Lipinski definition) is 1. The second-order valence-electron chi connectivity index (χ2n) is 4.00. The smallest absolute Gasteiger partial charge is 0.0564 e. The third kappa shape index (κ3) is 4.58. The van der Waals surface area contributed by atoms with Crippen LogP contribution < -0.4 is 0 Å². The van der Waals surface area contributed by atoms with Gasteiger partial charge >= 0.3 is 0 Å². The molecule has 1 saturated heterocycles. The third-order valence-electron chi connectivity index (χ3n) is 2.77. The summed E-state index contributed by atoms with van der Waals surface area (Å²) >= 11 is 0. The van der Waals surface area contributed by atoms with Crippen molar-refractivity contribution in [3.63, 3.8) is 0 Å². The van der Waals surface area contributed by atoms with E-state index in [9.17, 15) is 5.11 Å². The number of rotatable bonds is 4. The summed E-state index contributed by atoms with van der Waals surface area (Å²) in [7, 11) is 0. The molecule has 0 spiro atoms. The summed E-state index contributed by atoms with van der Waals surface area (Å²) < 4.78 is 0. The molecule has 0 unspecified atom stereocenters. The maximum atomic E-state index is 9.39. The van der Waals surface area contributed by atoms with Gasteiger partial charge in [-0.25, -0.2) is 0 Å². The van der Waals surface area contributed by atoms with E-state index in [1.165, 1.54) is 5.57 Å². The molecule has 1 fully saturated rings. The first kappa shape index (κ1) is 12.4. The summed E-state index contributed by atoms with van der Waals surface area (Å²) in [6.45, 7) is 7.90. The fraction of sp³-hybridized carbons (Fsp3) is 0.750. The van der Waals surface area contributed by atoms with Crippen molar-refractivity contribution in [2.75, 3.05) is 26.2 Å². The average Bonchev–Trinajstić information content (AvgIpc) is 2.27. The van der Waals surface area contributed by atoms with E-state index in [1.54, 1.807) is 0 Å². The van der Waals surface area contributed by atoms with Crippen molar-refractivity contribution in [2.45, 2.75) is 32.8 Å². The highest BCUT2D eigenvalue weighted by atomic mass is 16.3. The van der Waals surface area contributed by atoms with Crippen LogP contribution in [0.15, 0.2) is 16.6 Å². The number of piperidine rings is 1. The van der Waals surface area contributed by atoms with Crippen LogP contribution in [0.3, 0.4) is 0 Å². The molecule has 0 bridgehead atoms. The fourth-order valence-electron chi connectivity index (χ4n) is 1.75. The van der Waals surface area contributed by atoms with Gasteiger partial charge in [0.25, 0.3) is 0 Å². The van der Waals surface area contributed by atoms with Gasteiger partial charge in [-0.3, -0.25) is 9.89 Å². The van der Waals surface area contributed by atoms with Crippen molar-refractivity contribution in [3.05, 3.63) is 11.6 Å². The van der Waals surface area contributed by atoms with Crippen LogP contribution in [0.2, 0.25) is 0 Å². The van der Waals surface area contributed by atoms with Crippen LogP contribution in [0.5, 0.6) is 0 Å². The number of allylic oxidation sites excluding steroid dienone is 1. The summed E-state index contributed by atoms with van der Waals surface area (Å²) in [5.41, 5.74) is 1.27. The highest BCUT2D eigenvalue weighted by Gasteiger charge is 2.16. The maximum absolute atomic E-state index is 9.39. The molecular formula is C12H22N2O. The number of likely N-dealkylation sites (tertiary alicyclic amines) is 1. The Hall–Kier alpha value is -0.670. The van der Waals surface area contributed by atoms with Gasteiger partial charge in [-0.05, 0) is 32.3 Å². The van der Waals surface area contributed by atoms with Crippen LogP contribution in [0.1, 0.15) is 26.7 Å². The molecule has 1 rings (SSSR count). The van der Waals surface area contributed by atoms with Gasteiger partial charge in [0, 0.05) is 32.4 Å². The predicted molar refractivity (Wildman–Crippen MR) is 64.5 cm³/mol. The zero-order valence-corrected chi connectivity index (χ0v) is 9.82. The van der Waals surface area contributed by atoms with Crippen molar-refractivity contribution in [2.24, 2.45) is 4.99 Å². The molecule has 0 aliphatic carbocycles. The Morgan fingerprint density at radius 2 is 2.13 bits per heavy atom. The Labute approximate surface area is 92.5 Å². The van der Waals surface area contributed by atoms with Crippen LogP contribution in [-0.4, -0.2) is 48.5 Å². The second-order valence-corrected chi connectivity index (χ2v) is 4.00. The first-order chi connectivity index (χ1) is 7.26. The normalized spacial score (nSPS) is 21.4. The lowest BCUT2D eigenvalue weighted by Gasteiger charge is -2.29. The Kier molecular flexibility index (Phi) is 5.58. The molecule has 1 heterocycles. The largest absolute Gasteiger partial charge is 0.393 e. The van der Waals surface area contributed by atoms with Crippen LogP contribution in [-0.2, 0) is 0 Å². The molecule has 15 heavy (non-hydrogen) atoms. The second kappa shape index (κ2) is 6.75. The van der Waals surface area contributed by atoms with E-state index in [0.29, 0.717) is 0 Å². The summed E-state index contributed by atoms with van der Waals surface area (Å²) in [5.74, 6) is 0. The summed E-state index contributed by atoms with van der Waals surface area (Å²) in [5, 5.41) is 9.39. The van der Waals surface area contributed by atoms with E-state index < -0.39 is 0 Å². The molecule has 1 aliphatic rings. The summed E-state index contributed by atoms with van der Waals surface area (Å²) in [6, 6.07) is 0. The van der Waals surface area contributed by atoms with Crippen LogP contribution >= 0.6 is 0 Å². The molecule has 0 amide bonds. The van der Waals surface area contributed by atoms with Gasteiger partial charge in [0.2, 0.25) is 0 Å². The molecule has 0 aromatic heterocycles. The van der Waals surface area contributed by atoms with E-state index in [-0.39, 0.29) is 6.10 Å². The third-order valence-corrected chi connectivity index (χ3v) is 2.77. The number of aliphatic hydroxyl groups excluding tert-OH is 1. The van der Waals surface area contributed by atoms with Crippen LogP contribution in [0.25, 0.3) is 0 Å². The van der Waals surface area contributed by atoms with Gasteiger partial charge in [0.1, 0.15) is 0 Å². The van der Waals surface area contributed by atoms with Crippen LogP contribution in [0.4, 0.5) is 0 Å². The minimum atomic E-state index is -0.0837. The molecule has 1 N–H and O–H groups in total. The number of hydrogen-bond acceptors (Lipinski definition) is 3. The van der Waals surface area contributed by atoms with Crippen LogP contribution in [0, 0.1) is 0 Å². The van der Waals surface area contributed by atoms with E-state index in [2.05, 4.69) is 22.9 Å². The highest BCUT2D eigenvalue weighted by Crippen LogP contribution is 2.11. The lowest BCUT2D eigenvalue weighted by Crippen LogP contribution is -2.37. The summed E-state index contributed by atoms with van der Waals surface area (Å²) in [6.07, 6.45) is 5.80. The molecule has 0 aromatic carbocycles. The Balaban J connectivity index is 2.36. The Morgan fingerprint density at radius 3 is 2.67 bits per heavy atom. The van der Waals surface area contributed by atoms with Crippen molar-refractivity contribution < 1.29 is 5.11 Å². The molecule has 1 aliphatic heterocycles. The monoisotopic (exact) mass is 210 g/mol. The number of nitrogens with zero attached hydrogens (tertiary/aromatic N) is 2. The lowest BCUT2D eigenvalue weighted by molar-refractivity contribution is 0.0875. The molecular weight excluding hydrogens is 188 g/mol. The molecule has 0 aromatic rings. The number of aliphatic hydroxyl groups is 1. The molecule has 0 saturated carbocycles. The summed E-state index contributed by atoms with van der Waals surface area (Å²) in [4.78, 5) is 6.63. The molecule has 0 atom stereocenters. The van der Waals surface area contributed by atoms with Gasteiger partial charge in [0.05, 0.1) is 6.10 Å². The van der Waals surface area contributed by atoms with E-state index >= 15 is 0 Å². The zero-order valence-electron chi connectivity index (χ0n) is 9.82. The molecule has 86 valence electrons. The quantitative estimate of drug-likeness (QED) is 0.713. The molecule has 3 heteroatoms. The van der Waals surface area contributed by atoms with Gasteiger partial charge in [0.15, 0.2) is 0 Å². The lowest BCUT2D eigenvalue weighted by atomic mass is 10.1. The molecule has 0 radical (unpaired) electrons. The van der Waals surface area contributed by atoms with E-state index in [1.807, 2.05) is 13.1 Å². The fourth-order valence-corrected chi connectivity index (χ4v) is 1.75. The highest BCUT2D eigenvalue weighted by molar-refractivity contribution is 5.78. The molecule has 3 nitrogen and oxygen atoms in total. The minimum Gasteiger partial charge on any atom is -0.393 e. The first-order valence-corrected chi connectivity index (χ1v) is 5.81. The van der Waals surface area contributed by atoms with Gasteiger partial charge in [-0.15, -0.1) is 0 Å². The Bertz CT molecular complexity index is 228.